The Labute approximate surface area is 146 Å². The van der Waals surface area contributed by atoms with Gasteiger partial charge in [0.25, 0.3) is 0 Å². The van der Waals surface area contributed by atoms with Crippen molar-refractivity contribution in [1.29, 1.82) is 0 Å². The second-order valence-electron chi connectivity index (χ2n) is 6.36. The molecule has 1 aliphatic rings. The van der Waals surface area contributed by atoms with Crippen molar-refractivity contribution >= 4 is 22.4 Å². The quantitative estimate of drug-likeness (QED) is 0.771. The maximum atomic E-state index is 12.0. The second-order valence-corrected chi connectivity index (χ2v) is 7.22. The van der Waals surface area contributed by atoms with Crippen LogP contribution >= 0.6 is 11.3 Å². The van der Waals surface area contributed by atoms with Gasteiger partial charge in [-0.05, 0) is 39.2 Å². The number of H-pyrrole nitrogens is 1. The zero-order valence-electron chi connectivity index (χ0n) is 14.6. The first kappa shape index (κ1) is 17.0. The van der Waals surface area contributed by atoms with E-state index in [1.807, 2.05) is 20.8 Å². The Morgan fingerprint density at radius 1 is 1.38 bits per heavy atom. The molecule has 0 amide bonds. The maximum absolute atomic E-state index is 12.0. The van der Waals surface area contributed by atoms with Crippen LogP contribution in [0.25, 0.3) is 11.3 Å². The van der Waals surface area contributed by atoms with Crippen LogP contribution in [-0.4, -0.2) is 28.6 Å². The molecule has 2 N–H and O–H groups in total. The van der Waals surface area contributed by atoms with Crippen LogP contribution in [0.15, 0.2) is 5.38 Å². The summed E-state index contributed by atoms with van der Waals surface area (Å²) in [6, 6.07) is 0.543. The van der Waals surface area contributed by atoms with Crippen molar-refractivity contribution in [1.82, 2.24) is 9.97 Å². The minimum Gasteiger partial charge on any atom is -0.461 e. The maximum Gasteiger partial charge on any atom is 0.355 e. The highest BCUT2D eigenvalue weighted by atomic mass is 32.1. The molecule has 6 heteroatoms. The van der Waals surface area contributed by atoms with Crippen molar-refractivity contribution in [2.24, 2.45) is 0 Å². The molecule has 3 rings (SSSR count). The van der Waals surface area contributed by atoms with Gasteiger partial charge in [-0.25, -0.2) is 9.78 Å². The number of ether oxygens (including phenoxy) is 1. The Morgan fingerprint density at radius 2 is 2.12 bits per heavy atom. The van der Waals surface area contributed by atoms with Crippen molar-refractivity contribution in [3.8, 4) is 11.3 Å². The number of aromatic nitrogens is 2. The van der Waals surface area contributed by atoms with E-state index in [-0.39, 0.29) is 5.97 Å². The number of aromatic amines is 1. The highest BCUT2D eigenvalue weighted by Gasteiger charge is 2.21. The van der Waals surface area contributed by atoms with E-state index in [2.05, 4.69) is 15.7 Å². The van der Waals surface area contributed by atoms with Crippen LogP contribution in [0, 0.1) is 13.8 Å². The molecule has 5 nitrogen and oxygen atoms in total. The molecule has 2 aromatic rings. The van der Waals surface area contributed by atoms with Gasteiger partial charge in [0.05, 0.1) is 12.3 Å². The lowest BCUT2D eigenvalue weighted by atomic mass is 9.96. The van der Waals surface area contributed by atoms with Crippen LogP contribution in [-0.2, 0) is 4.74 Å². The first-order valence-corrected chi connectivity index (χ1v) is 9.56. The van der Waals surface area contributed by atoms with Gasteiger partial charge in [0, 0.05) is 22.7 Å². The molecule has 1 fully saturated rings. The number of carbonyl (C=O) groups excluding carboxylic acids is 1. The average molecular weight is 347 g/mol. The largest absolute Gasteiger partial charge is 0.461 e. The van der Waals surface area contributed by atoms with Crippen LogP contribution < -0.4 is 5.32 Å². The molecule has 0 aliphatic heterocycles. The Bertz CT molecular complexity index is 714. The highest BCUT2D eigenvalue weighted by molar-refractivity contribution is 7.14. The lowest BCUT2D eigenvalue weighted by Gasteiger charge is -2.22. The van der Waals surface area contributed by atoms with Crippen molar-refractivity contribution in [3.63, 3.8) is 0 Å². The Balaban J connectivity index is 1.80. The molecule has 0 unspecified atom stereocenters. The first-order valence-electron chi connectivity index (χ1n) is 8.68. The summed E-state index contributed by atoms with van der Waals surface area (Å²) < 4.78 is 5.12. The minimum atomic E-state index is -0.305. The Hall–Kier alpha value is -1.82. The monoisotopic (exact) mass is 347 g/mol. The summed E-state index contributed by atoms with van der Waals surface area (Å²) in [5.74, 6) is -0.305. The number of hydrogen-bond donors (Lipinski definition) is 2. The number of anilines is 1. The number of aryl methyl sites for hydroxylation is 1. The summed E-state index contributed by atoms with van der Waals surface area (Å²) in [5.41, 5.74) is 4.30. The number of hydrogen-bond acceptors (Lipinski definition) is 5. The number of thiazole rings is 1. The molecule has 0 bridgehead atoms. The van der Waals surface area contributed by atoms with Crippen molar-refractivity contribution in [2.45, 2.75) is 58.9 Å². The molecule has 2 heterocycles. The van der Waals surface area contributed by atoms with Crippen molar-refractivity contribution in [2.75, 3.05) is 11.9 Å². The molecule has 24 heavy (non-hydrogen) atoms. The van der Waals surface area contributed by atoms with Crippen LogP contribution in [0.4, 0.5) is 5.13 Å². The van der Waals surface area contributed by atoms with Crippen LogP contribution in [0.1, 0.15) is 60.8 Å². The lowest BCUT2D eigenvalue weighted by molar-refractivity contribution is 0.0519. The topological polar surface area (TPSA) is 67.0 Å². The van der Waals surface area contributed by atoms with Gasteiger partial charge in [-0.3, -0.25) is 0 Å². The number of nitrogens with one attached hydrogen (secondary N) is 2. The number of carbonyl (C=O) groups is 1. The van der Waals surface area contributed by atoms with Gasteiger partial charge in [0.2, 0.25) is 0 Å². The van der Waals surface area contributed by atoms with Gasteiger partial charge < -0.3 is 15.0 Å². The van der Waals surface area contributed by atoms with Gasteiger partial charge in [0.15, 0.2) is 5.13 Å². The van der Waals surface area contributed by atoms with Gasteiger partial charge in [-0.2, -0.15) is 0 Å². The van der Waals surface area contributed by atoms with E-state index in [0.29, 0.717) is 18.3 Å². The predicted molar refractivity (Wildman–Crippen MR) is 97.8 cm³/mol. The van der Waals surface area contributed by atoms with Gasteiger partial charge in [-0.1, -0.05) is 19.3 Å². The average Bonchev–Trinajstić information content (AvgIpc) is 3.13. The predicted octanol–water partition coefficient (Wildman–Crippen LogP) is 4.68. The number of rotatable bonds is 5. The highest BCUT2D eigenvalue weighted by Crippen LogP contribution is 2.33. The summed E-state index contributed by atoms with van der Waals surface area (Å²) in [5, 5.41) is 6.59. The van der Waals surface area contributed by atoms with Crippen LogP contribution in [0.2, 0.25) is 0 Å². The van der Waals surface area contributed by atoms with E-state index in [1.165, 1.54) is 32.1 Å². The summed E-state index contributed by atoms with van der Waals surface area (Å²) in [4.78, 5) is 20.0. The molecular formula is C18H25N3O2S. The van der Waals surface area contributed by atoms with Crippen molar-refractivity contribution in [3.05, 3.63) is 22.3 Å². The summed E-state index contributed by atoms with van der Waals surface area (Å²) in [6.07, 6.45) is 6.40. The molecule has 0 atom stereocenters. The van der Waals surface area contributed by atoms with Gasteiger partial charge in [-0.15, -0.1) is 11.3 Å². The summed E-state index contributed by atoms with van der Waals surface area (Å²) >= 11 is 1.63. The Kier molecular flexibility index (Phi) is 5.23. The second kappa shape index (κ2) is 7.38. The Morgan fingerprint density at radius 3 is 2.83 bits per heavy atom. The van der Waals surface area contributed by atoms with E-state index >= 15 is 0 Å². The van der Waals surface area contributed by atoms with Gasteiger partial charge >= 0.3 is 5.97 Å². The van der Waals surface area contributed by atoms with E-state index in [9.17, 15) is 4.79 Å². The zero-order chi connectivity index (χ0) is 17.1. The molecule has 2 aromatic heterocycles. The third-order valence-corrected chi connectivity index (χ3v) is 5.38. The van der Waals surface area contributed by atoms with Crippen molar-refractivity contribution < 1.29 is 9.53 Å². The fourth-order valence-electron chi connectivity index (χ4n) is 3.42. The summed E-state index contributed by atoms with van der Waals surface area (Å²) in [7, 11) is 0. The van der Waals surface area contributed by atoms with E-state index < -0.39 is 0 Å². The molecule has 0 radical (unpaired) electrons. The molecule has 0 saturated heterocycles. The normalized spacial score (nSPS) is 15.5. The molecule has 0 aromatic carbocycles. The fourth-order valence-corrected chi connectivity index (χ4v) is 4.20. The van der Waals surface area contributed by atoms with E-state index in [1.54, 1.807) is 11.3 Å². The fraction of sp³-hybridized carbons (Fsp3) is 0.556. The van der Waals surface area contributed by atoms with E-state index in [0.717, 1.165) is 27.6 Å². The van der Waals surface area contributed by atoms with E-state index in [4.69, 9.17) is 9.72 Å². The molecular weight excluding hydrogens is 322 g/mol. The minimum absolute atomic E-state index is 0.305. The number of esters is 1. The third kappa shape index (κ3) is 3.48. The third-order valence-electron chi connectivity index (χ3n) is 4.61. The molecule has 1 aliphatic carbocycles. The van der Waals surface area contributed by atoms with Crippen LogP contribution in [0.3, 0.4) is 0 Å². The van der Waals surface area contributed by atoms with Crippen LogP contribution in [0.5, 0.6) is 0 Å². The first-order chi connectivity index (χ1) is 11.6. The summed E-state index contributed by atoms with van der Waals surface area (Å²) in [6.45, 7) is 6.10. The lowest BCUT2D eigenvalue weighted by Crippen LogP contribution is -2.21. The molecule has 0 spiro atoms. The smallest absolute Gasteiger partial charge is 0.355 e. The standard InChI is InChI=1S/C18H25N3O2S/c1-4-23-17(22)16-11(2)15(12(3)19-16)14-10-24-18(21-14)20-13-8-6-5-7-9-13/h10,13,19H,4-9H2,1-3H3,(H,20,21). The molecule has 1 saturated carbocycles. The zero-order valence-corrected chi connectivity index (χ0v) is 15.4. The number of nitrogens with zero attached hydrogens (tertiary/aromatic N) is 1. The molecule has 130 valence electrons. The SMILES string of the molecule is CCOC(=O)c1[nH]c(C)c(-c2csc(NC3CCCCC3)n2)c1C. The van der Waals surface area contributed by atoms with Gasteiger partial charge in [0.1, 0.15) is 5.69 Å².